The lowest BCUT2D eigenvalue weighted by molar-refractivity contribution is 0.354. The molecule has 3 aromatic rings. The monoisotopic (exact) mass is 255 g/mol. The summed E-state index contributed by atoms with van der Waals surface area (Å²) >= 11 is 0. The van der Waals surface area contributed by atoms with Crippen LogP contribution in [0.15, 0.2) is 47.2 Å². The summed E-state index contributed by atoms with van der Waals surface area (Å²) in [5.41, 5.74) is 7.20. The predicted molar refractivity (Wildman–Crippen MR) is 69.0 cm³/mol. The maximum absolute atomic E-state index is 6.07. The fourth-order valence-electron chi connectivity index (χ4n) is 1.82. The normalized spacial score (nSPS) is 12.5. The van der Waals surface area contributed by atoms with Crippen molar-refractivity contribution in [1.29, 1.82) is 0 Å². The summed E-state index contributed by atoms with van der Waals surface area (Å²) in [6.07, 6.45) is 3.99. The number of hydrogen-bond acceptors (Lipinski definition) is 5. The highest BCUT2D eigenvalue weighted by Crippen LogP contribution is 2.17. The van der Waals surface area contributed by atoms with Crippen LogP contribution in [0.25, 0.3) is 11.6 Å². The summed E-state index contributed by atoms with van der Waals surface area (Å²) in [5.74, 6) is 1.40. The Morgan fingerprint density at radius 3 is 2.84 bits per heavy atom. The number of aromatic nitrogens is 4. The van der Waals surface area contributed by atoms with Gasteiger partial charge in [-0.15, -0.1) is 0 Å². The smallest absolute Gasteiger partial charge is 0.244 e. The summed E-state index contributed by atoms with van der Waals surface area (Å²) in [6.45, 7) is 0. The van der Waals surface area contributed by atoms with Crippen molar-refractivity contribution in [1.82, 2.24) is 20.1 Å². The van der Waals surface area contributed by atoms with Gasteiger partial charge < -0.3 is 15.2 Å². The zero-order valence-electron chi connectivity index (χ0n) is 10.2. The van der Waals surface area contributed by atoms with Gasteiger partial charge in [0, 0.05) is 12.4 Å². The first-order valence-electron chi connectivity index (χ1n) is 5.96. The molecular formula is C13H13N5O. The molecule has 19 heavy (non-hydrogen) atoms. The summed E-state index contributed by atoms with van der Waals surface area (Å²) in [6, 6.07) is 9.64. The molecule has 3 rings (SSSR count). The average Bonchev–Trinajstić information content (AvgIpc) is 3.11. The van der Waals surface area contributed by atoms with E-state index in [2.05, 4.69) is 20.1 Å². The number of hydrogen-bond donors (Lipinski definition) is 2. The van der Waals surface area contributed by atoms with Crippen LogP contribution in [0.2, 0.25) is 0 Å². The Morgan fingerprint density at radius 1 is 1.26 bits per heavy atom. The van der Waals surface area contributed by atoms with E-state index in [0.29, 0.717) is 24.0 Å². The zero-order valence-corrected chi connectivity index (χ0v) is 10.2. The van der Waals surface area contributed by atoms with Gasteiger partial charge in [0.05, 0.1) is 6.04 Å². The Bertz CT molecular complexity index is 632. The van der Waals surface area contributed by atoms with Crippen molar-refractivity contribution in [3.8, 4) is 11.6 Å². The summed E-state index contributed by atoms with van der Waals surface area (Å²) in [4.78, 5) is 11.2. The van der Waals surface area contributed by atoms with Gasteiger partial charge >= 0.3 is 0 Å². The van der Waals surface area contributed by atoms with Gasteiger partial charge in [-0.2, -0.15) is 4.98 Å². The van der Waals surface area contributed by atoms with Gasteiger partial charge in [0.1, 0.15) is 0 Å². The van der Waals surface area contributed by atoms with E-state index in [-0.39, 0.29) is 6.04 Å². The largest absolute Gasteiger partial charge is 0.342 e. The van der Waals surface area contributed by atoms with E-state index < -0.39 is 0 Å². The van der Waals surface area contributed by atoms with Gasteiger partial charge in [-0.05, 0) is 12.0 Å². The molecule has 0 aliphatic carbocycles. The molecule has 3 N–H and O–H groups in total. The number of nitrogens with one attached hydrogen (secondary N) is 1. The second-order valence-electron chi connectivity index (χ2n) is 4.19. The van der Waals surface area contributed by atoms with Crippen molar-refractivity contribution in [2.24, 2.45) is 5.73 Å². The third kappa shape index (κ3) is 2.53. The van der Waals surface area contributed by atoms with Gasteiger partial charge in [-0.25, -0.2) is 4.98 Å². The maximum Gasteiger partial charge on any atom is 0.244 e. The van der Waals surface area contributed by atoms with Gasteiger partial charge in [-0.3, -0.25) is 0 Å². The fraction of sp³-hybridized carbons (Fsp3) is 0.154. The number of nitrogens with zero attached hydrogens (tertiary/aromatic N) is 3. The molecule has 0 saturated heterocycles. The minimum Gasteiger partial charge on any atom is -0.342 e. The number of nitrogens with two attached hydrogens (primary N) is 1. The van der Waals surface area contributed by atoms with Crippen molar-refractivity contribution >= 4 is 0 Å². The molecule has 0 radical (unpaired) electrons. The highest BCUT2D eigenvalue weighted by atomic mass is 16.5. The Labute approximate surface area is 109 Å². The van der Waals surface area contributed by atoms with E-state index in [1.165, 1.54) is 0 Å². The minimum atomic E-state index is -0.321. The van der Waals surface area contributed by atoms with Crippen molar-refractivity contribution in [3.05, 3.63) is 54.2 Å². The fourth-order valence-corrected chi connectivity index (χ4v) is 1.82. The molecule has 0 aliphatic heterocycles. The first-order valence-corrected chi connectivity index (χ1v) is 5.96. The molecule has 0 spiro atoms. The van der Waals surface area contributed by atoms with E-state index in [9.17, 15) is 0 Å². The standard InChI is InChI=1S/C13H13N5O/c14-10(8-9-4-2-1-3-5-9)13-17-12(18-19-13)11-15-6-7-16-11/h1-7,10H,8,14H2,(H,15,16)/t10-/m1/s1. The quantitative estimate of drug-likeness (QED) is 0.740. The molecular weight excluding hydrogens is 242 g/mol. The molecule has 1 aromatic carbocycles. The van der Waals surface area contributed by atoms with Crippen LogP contribution >= 0.6 is 0 Å². The Kier molecular flexibility index (Phi) is 3.07. The van der Waals surface area contributed by atoms with Gasteiger partial charge in [0.15, 0.2) is 5.82 Å². The molecule has 6 heteroatoms. The minimum absolute atomic E-state index is 0.321. The molecule has 1 atom stereocenters. The van der Waals surface area contributed by atoms with E-state index in [1.807, 2.05) is 30.3 Å². The third-order valence-electron chi connectivity index (χ3n) is 2.77. The molecule has 0 amide bonds. The molecule has 0 unspecified atom stereocenters. The molecule has 2 heterocycles. The highest BCUT2D eigenvalue weighted by Gasteiger charge is 2.17. The van der Waals surface area contributed by atoms with Crippen LogP contribution in [0.3, 0.4) is 0 Å². The predicted octanol–water partition coefficient (Wildman–Crippen LogP) is 1.70. The molecule has 2 aromatic heterocycles. The number of H-pyrrole nitrogens is 1. The molecule has 6 nitrogen and oxygen atoms in total. The van der Waals surface area contributed by atoms with E-state index in [0.717, 1.165) is 5.56 Å². The van der Waals surface area contributed by atoms with Crippen molar-refractivity contribution in [2.45, 2.75) is 12.5 Å². The number of imidazole rings is 1. The first kappa shape index (κ1) is 11.6. The van der Waals surface area contributed by atoms with Gasteiger partial charge in [-0.1, -0.05) is 35.5 Å². The Balaban J connectivity index is 1.76. The van der Waals surface area contributed by atoms with E-state index >= 15 is 0 Å². The highest BCUT2D eigenvalue weighted by molar-refractivity contribution is 5.40. The number of rotatable bonds is 4. The second kappa shape index (κ2) is 5.03. The van der Waals surface area contributed by atoms with Gasteiger partial charge in [0.25, 0.3) is 0 Å². The summed E-state index contributed by atoms with van der Waals surface area (Å²) < 4.78 is 5.18. The molecule has 0 aliphatic rings. The lowest BCUT2D eigenvalue weighted by Gasteiger charge is -2.05. The van der Waals surface area contributed by atoms with Crippen LogP contribution in [-0.4, -0.2) is 20.1 Å². The van der Waals surface area contributed by atoms with Gasteiger partial charge in [0.2, 0.25) is 11.7 Å². The maximum atomic E-state index is 6.07. The Morgan fingerprint density at radius 2 is 2.11 bits per heavy atom. The van der Waals surface area contributed by atoms with Crippen molar-refractivity contribution < 1.29 is 4.52 Å². The molecule has 0 fully saturated rings. The van der Waals surface area contributed by atoms with Crippen LogP contribution in [-0.2, 0) is 6.42 Å². The summed E-state index contributed by atoms with van der Waals surface area (Å²) in [5, 5.41) is 3.86. The first-order chi connectivity index (χ1) is 9.33. The molecule has 0 saturated carbocycles. The molecule has 0 bridgehead atoms. The van der Waals surface area contributed by atoms with Crippen LogP contribution in [0.4, 0.5) is 0 Å². The van der Waals surface area contributed by atoms with Crippen LogP contribution < -0.4 is 5.73 Å². The topological polar surface area (TPSA) is 93.6 Å². The lowest BCUT2D eigenvalue weighted by atomic mass is 10.1. The van der Waals surface area contributed by atoms with Crippen LogP contribution in [0.5, 0.6) is 0 Å². The van der Waals surface area contributed by atoms with E-state index in [1.54, 1.807) is 12.4 Å². The van der Waals surface area contributed by atoms with Crippen molar-refractivity contribution in [2.75, 3.05) is 0 Å². The van der Waals surface area contributed by atoms with Crippen molar-refractivity contribution in [3.63, 3.8) is 0 Å². The zero-order chi connectivity index (χ0) is 13.1. The van der Waals surface area contributed by atoms with E-state index in [4.69, 9.17) is 10.3 Å². The molecule has 96 valence electrons. The summed E-state index contributed by atoms with van der Waals surface area (Å²) in [7, 11) is 0. The second-order valence-corrected chi connectivity index (χ2v) is 4.19. The van der Waals surface area contributed by atoms with Crippen LogP contribution in [0, 0.1) is 0 Å². The number of aromatic amines is 1. The van der Waals surface area contributed by atoms with Crippen LogP contribution in [0.1, 0.15) is 17.5 Å². The number of benzene rings is 1. The SMILES string of the molecule is N[C@H](Cc1ccccc1)c1nc(-c2ncc[nH]2)no1. The Hall–Kier alpha value is -2.47. The lowest BCUT2D eigenvalue weighted by Crippen LogP contribution is -2.13. The third-order valence-corrected chi connectivity index (χ3v) is 2.77. The average molecular weight is 255 g/mol.